The first-order valence-corrected chi connectivity index (χ1v) is 9.59. The summed E-state index contributed by atoms with van der Waals surface area (Å²) in [7, 11) is 0. The first-order valence-electron chi connectivity index (χ1n) is 9.59. The number of benzene rings is 1. The minimum atomic E-state index is 0.340. The molecule has 3 aliphatic rings. The Balaban J connectivity index is 1.16. The van der Waals surface area contributed by atoms with Gasteiger partial charge in [-0.05, 0) is 44.9 Å². The molecule has 0 aliphatic carbocycles. The van der Waals surface area contributed by atoms with E-state index in [-0.39, 0.29) is 0 Å². The van der Waals surface area contributed by atoms with Gasteiger partial charge < -0.3 is 14.4 Å². The molecule has 0 radical (unpaired) electrons. The Morgan fingerprint density at radius 2 is 1.73 bits per heavy atom. The molecule has 26 heavy (non-hydrogen) atoms. The number of aryl methyl sites for hydroxylation is 2. The van der Waals surface area contributed by atoms with Gasteiger partial charge in [0.1, 0.15) is 0 Å². The fraction of sp³-hybridized carbons (Fsp3) is 0.550. The quantitative estimate of drug-likeness (QED) is 0.848. The molecule has 2 aromatic rings. The van der Waals surface area contributed by atoms with Crippen LogP contribution in [0.2, 0.25) is 0 Å². The molecule has 0 N–H and O–H groups in total. The zero-order chi connectivity index (χ0) is 17.7. The summed E-state index contributed by atoms with van der Waals surface area (Å²) in [6, 6.07) is 9.72. The molecule has 2 fully saturated rings. The van der Waals surface area contributed by atoms with Crippen molar-refractivity contribution in [3.8, 4) is 11.5 Å². The summed E-state index contributed by atoms with van der Waals surface area (Å²) in [5.74, 6) is 1.74. The van der Waals surface area contributed by atoms with Gasteiger partial charge in [0.15, 0.2) is 11.5 Å². The number of nitrogens with zero attached hydrogens (tertiary/aromatic N) is 4. The van der Waals surface area contributed by atoms with Crippen molar-refractivity contribution in [1.82, 2.24) is 14.7 Å². The zero-order valence-electron chi connectivity index (χ0n) is 15.5. The molecular weight excluding hydrogens is 328 g/mol. The SMILES string of the molecule is Cc1cc(C)n(C2CN(C3CCN(c4ccc5c(c4)OCO5)CC3)C2)n1. The highest BCUT2D eigenvalue weighted by Crippen LogP contribution is 2.37. The number of anilines is 1. The van der Waals surface area contributed by atoms with Crippen molar-refractivity contribution in [1.29, 1.82) is 0 Å². The van der Waals surface area contributed by atoms with Crippen LogP contribution in [0.3, 0.4) is 0 Å². The number of rotatable bonds is 3. The Bertz CT molecular complexity index is 804. The molecule has 0 atom stereocenters. The first kappa shape index (κ1) is 16.0. The van der Waals surface area contributed by atoms with Crippen LogP contribution in [0.25, 0.3) is 0 Å². The number of hydrogen-bond donors (Lipinski definition) is 0. The predicted molar refractivity (Wildman–Crippen MR) is 100 cm³/mol. The average molecular weight is 354 g/mol. The van der Waals surface area contributed by atoms with Crippen LogP contribution >= 0.6 is 0 Å². The van der Waals surface area contributed by atoms with E-state index < -0.39 is 0 Å². The van der Waals surface area contributed by atoms with Crippen molar-refractivity contribution >= 4 is 5.69 Å². The van der Waals surface area contributed by atoms with Gasteiger partial charge in [0.05, 0.1) is 11.7 Å². The fourth-order valence-electron chi connectivity index (χ4n) is 4.53. The van der Waals surface area contributed by atoms with Gasteiger partial charge >= 0.3 is 0 Å². The zero-order valence-corrected chi connectivity index (χ0v) is 15.5. The van der Waals surface area contributed by atoms with Gasteiger partial charge in [-0.1, -0.05) is 0 Å². The maximum Gasteiger partial charge on any atom is 0.231 e. The van der Waals surface area contributed by atoms with Crippen LogP contribution in [0, 0.1) is 13.8 Å². The Morgan fingerprint density at radius 3 is 2.46 bits per heavy atom. The van der Waals surface area contributed by atoms with Crippen LogP contribution in [0.15, 0.2) is 24.3 Å². The molecular formula is C20H26N4O2. The number of aromatic nitrogens is 2. The fourth-order valence-corrected chi connectivity index (χ4v) is 4.53. The number of ether oxygens (including phenoxy) is 2. The second-order valence-corrected chi connectivity index (χ2v) is 7.74. The second kappa shape index (κ2) is 6.20. The number of hydrogen-bond acceptors (Lipinski definition) is 5. The predicted octanol–water partition coefficient (Wildman–Crippen LogP) is 2.75. The highest BCUT2D eigenvalue weighted by Gasteiger charge is 2.36. The third-order valence-electron chi connectivity index (χ3n) is 5.98. The van der Waals surface area contributed by atoms with E-state index in [0.717, 1.165) is 43.4 Å². The molecule has 1 aromatic heterocycles. The molecule has 5 rings (SSSR count). The molecule has 3 aliphatic heterocycles. The van der Waals surface area contributed by atoms with Gasteiger partial charge in [0.2, 0.25) is 6.79 Å². The summed E-state index contributed by atoms with van der Waals surface area (Å²) in [6.45, 7) is 9.05. The van der Waals surface area contributed by atoms with Crippen molar-refractivity contribution in [2.45, 2.75) is 38.8 Å². The van der Waals surface area contributed by atoms with Crippen LogP contribution in [0.4, 0.5) is 5.69 Å². The van der Waals surface area contributed by atoms with Gasteiger partial charge in [-0.25, -0.2) is 0 Å². The van der Waals surface area contributed by atoms with Crippen molar-refractivity contribution in [2.24, 2.45) is 0 Å². The molecule has 0 spiro atoms. The van der Waals surface area contributed by atoms with Crippen molar-refractivity contribution in [3.63, 3.8) is 0 Å². The van der Waals surface area contributed by atoms with E-state index in [4.69, 9.17) is 9.47 Å². The molecule has 6 nitrogen and oxygen atoms in total. The maximum absolute atomic E-state index is 5.52. The van der Waals surface area contributed by atoms with Gasteiger partial charge in [-0.2, -0.15) is 5.10 Å². The molecule has 0 bridgehead atoms. The smallest absolute Gasteiger partial charge is 0.231 e. The van der Waals surface area contributed by atoms with Crippen molar-refractivity contribution in [3.05, 3.63) is 35.7 Å². The summed E-state index contributed by atoms with van der Waals surface area (Å²) in [5.41, 5.74) is 3.65. The lowest BCUT2D eigenvalue weighted by Gasteiger charge is -2.47. The first-order chi connectivity index (χ1) is 12.7. The van der Waals surface area contributed by atoms with Crippen LogP contribution in [-0.2, 0) is 0 Å². The summed E-state index contributed by atoms with van der Waals surface area (Å²) >= 11 is 0. The molecule has 0 unspecified atom stereocenters. The van der Waals surface area contributed by atoms with E-state index in [1.54, 1.807) is 0 Å². The monoisotopic (exact) mass is 354 g/mol. The standard InChI is InChI=1S/C20H26N4O2/c1-14-9-15(2)24(21-14)18-11-23(12-18)16-5-7-22(8-6-16)17-3-4-19-20(10-17)26-13-25-19/h3-4,9-10,16,18H,5-8,11-13H2,1-2H3. The molecule has 2 saturated heterocycles. The van der Waals surface area contributed by atoms with E-state index in [0.29, 0.717) is 18.9 Å². The van der Waals surface area contributed by atoms with Gasteiger partial charge in [-0.15, -0.1) is 0 Å². The van der Waals surface area contributed by atoms with E-state index in [2.05, 4.69) is 51.6 Å². The van der Waals surface area contributed by atoms with Crippen LogP contribution in [0.5, 0.6) is 11.5 Å². The van der Waals surface area contributed by atoms with E-state index in [1.165, 1.54) is 24.2 Å². The summed E-state index contributed by atoms with van der Waals surface area (Å²) in [5, 5.41) is 4.65. The minimum absolute atomic E-state index is 0.340. The molecule has 0 amide bonds. The summed E-state index contributed by atoms with van der Waals surface area (Å²) in [6.07, 6.45) is 2.44. The summed E-state index contributed by atoms with van der Waals surface area (Å²) in [4.78, 5) is 5.11. The van der Waals surface area contributed by atoms with Crippen molar-refractivity contribution in [2.75, 3.05) is 37.9 Å². The Kier molecular flexibility index (Phi) is 3.81. The van der Waals surface area contributed by atoms with E-state index >= 15 is 0 Å². The highest BCUT2D eigenvalue weighted by molar-refractivity contribution is 5.57. The Morgan fingerprint density at radius 1 is 0.962 bits per heavy atom. The van der Waals surface area contributed by atoms with E-state index in [1.807, 2.05) is 6.07 Å². The van der Waals surface area contributed by atoms with Crippen LogP contribution < -0.4 is 14.4 Å². The number of fused-ring (bicyclic) bond motifs is 1. The van der Waals surface area contributed by atoms with Gasteiger partial charge in [0.25, 0.3) is 0 Å². The van der Waals surface area contributed by atoms with Crippen LogP contribution in [-0.4, -0.2) is 53.7 Å². The van der Waals surface area contributed by atoms with E-state index in [9.17, 15) is 0 Å². The largest absolute Gasteiger partial charge is 0.454 e. The molecule has 6 heteroatoms. The Hall–Kier alpha value is -2.21. The normalized spacial score (nSPS) is 21.2. The second-order valence-electron chi connectivity index (χ2n) is 7.74. The lowest BCUT2D eigenvalue weighted by Crippen LogP contribution is -2.56. The van der Waals surface area contributed by atoms with Gasteiger partial charge in [-0.3, -0.25) is 9.58 Å². The number of piperidine rings is 1. The molecule has 0 saturated carbocycles. The minimum Gasteiger partial charge on any atom is -0.454 e. The van der Waals surface area contributed by atoms with Crippen LogP contribution in [0.1, 0.15) is 30.3 Å². The number of likely N-dealkylation sites (tertiary alicyclic amines) is 1. The van der Waals surface area contributed by atoms with Crippen molar-refractivity contribution < 1.29 is 9.47 Å². The third-order valence-corrected chi connectivity index (χ3v) is 5.98. The topological polar surface area (TPSA) is 42.8 Å². The maximum atomic E-state index is 5.52. The van der Waals surface area contributed by atoms with Gasteiger partial charge in [0, 0.05) is 49.7 Å². The molecule has 4 heterocycles. The average Bonchev–Trinajstić information content (AvgIpc) is 3.20. The molecule has 138 valence electrons. The summed E-state index contributed by atoms with van der Waals surface area (Å²) < 4.78 is 13.1. The lowest BCUT2D eigenvalue weighted by molar-refractivity contribution is 0.0407. The Labute approximate surface area is 154 Å². The third kappa shape index (κ3) is 2.72. The lowest BCUT2D eigenvalue weighted by atomic mass is 9.97. The highest BCUT2D eigenvalue weighted by atomic mass is 16.7. The molecule has 1 aromatic carbocycles.